The first-order chi connectivity index (χ1) is 6.56. The summed E-state index contributed by atoms with van der Waals surface area (Å²) in [5.74, 6) is -2.01. The molecule has 0 aliphatic heterocycles. The highest BCUT2D eigenvalue weighted by Gasteiger charge is 2.12. The molecule has 0 heterocycles. The number of rotatable bonds is 4. The standard InChI is InChI=1S/C8H10N2O4/c1-9-5(7(11)12)4-6(10-2)8(13)14-3/h4H,2H2,1,3H3,(H,11,12)/b6-4-,9-5+. The Bertz CT molecular complexity index is 317. The molecule has 6 heteroatoms. The van der Waals surface area contributed by atoms with E-state index >= 15 is 0 Å². The second-order valence-electron chi connectivity index (χ2n) is 2.09. The van der Waals surface area contributed by atoms with Crippen molar-refractivity contribution in [3.8, 4) is 0 Å². The van der Waals surface area contributed by atoms with Crippen LogP contribution in [0.5, 0.6) is 0 Å². The van der Waals surface area contributed by atoms with Crippen LogP contribution in [0.2, 0.25) is 0 Å². The lowest BCUT2D eigenvalue weighted by Gasteiger charge is -1.98. The monoisotopic (exact) mass is 198 g/mol. The third-order valence-electron chi connectivity index (χ3n) is 1.30. The fourth-order valence-corrected chi connectivity index (χ4v) is 0.625. The van der Waals surface area contributed by atoms with Crippen molar-refractivity contribution in [1.82, 2.24) is 0 Å². The SMILES string of the molecule is C=N/C(=C\C(=N/C)C(=O)O)C(=O)OC. The Kier molecular flexibility index (Phi) is 4.83. The molecule has 0 amide bonds. The van der Waals surface area contributed by atoms with Crippen LogP contribution in [0.15, 0.2) is 21.8 Å². The van der Waals surface area contributed by atoms with Crippen LogP contribution in [-0.4, -0.2) is 43.6 Å². The van der Waals surface area contributed by atoms with E-state index in [1.807, 2.05) is 0 Å². The molecule has 0 radical (unpaired) electrons. The van der Waals surface area contributed by atoms with Crippen molar-refractivity contribution in [2.24, 2.45) is 9.98 Å². The molecule has 0 aromatic carbocycles. The number of carbonyl (C=O) groups excluding carboxylic acids is 1. The van der Waals surface area contributed by atoms with Crippen LogP contribution in [0, 0.1) is 0 Å². The maximum absolute atomic E-state index is 10.9. The van der Waals surface area contributed by atoms with E-state index in [9.17, 15) is 9.59 Å². The van der Waals surface area contributed by atoms with Gasteiger partial charge >= 0.3 is 11.9 Å². The Hall–Kier alpha value is -1.98. The zero-order chi connectivity index (χ0) is 11.1. The van der Waals surface area contributed by atoms with Gasteiger partial charge in [0.15, 0.2) is 0 Å². The van der Waals surface area contributed by atoms with Crippen molar-refractivity contribution in [1.29, 1.82) is 0 Å². The number of hydrogen-bond donors (Lipinski definition) is 1. The summed E-state index contributed by atoms with van der Waals surface area (Å²) in [5, 5.41) is 8.58. The van der Waals surface area contributed by atoms with Gasteiger partial charge in [-0.2, -0.15) is 0 Å². The fourth-order valence-electron chi connectivity index (χ4n) is 0.625. The number of nitrogens with zero attached hydrogens (tertiary/aromatic N) is 2. The number of aliphatic imine (C=N–C) groups is 2. The Morgan fingerprint density at radius 3 is 2.36 bits per heavy atom. The van der Waals surface area contributed by atoms with Crippen molar-refractivity contribution < 1.29 is 19.4 Å². The average molecular weight is 198 g/mol. The van der Waals surface area contributed by atoms with E-state index in [-0.39, 0.29) is 11.4 Å². The summed E-state index contributed by atoms with van der Waals surface area (Å²) in [7, 11) is 2.45. The Labute approximate surface area is 80.6 Å². The van der Waals surface area contributed by atoms with Gasteiger partial charge < -0.3 is 9.84 Å². The van der Waals surface area contributed by atoms with Crippen LogP contribution in [0.3, 0.4) is 0 Å². The molecule has 0 rings (SSSR count). The van der Waals surface area contributed by atoms with Crippen LogP contribution in [0.25, 0.3) is 0 Å². The summed E-state index contributed by atoms with van der Waals surface area (Å²) >= 11 is 0. The van der Waals surface area contributed by atoms with Gasteiger partial charge in [-0.1, -0.05) is 0 Å². The molecular weight excluding hydrogens is 188 g/mol. The van der Waals surface area contributed by atoms with Crippen LogP contribution in [0.1, 0.15) is 0 Å². The molecule has 0 bridgehead atoms. The summed E-state index contributed by atoms with van der Waals surface area (Å²) < 4.78 is 4.34. The number of methoxy groups -OCH3 is 1. The van der Waals surface area contributed by atoms with E-state index in [1.165, 1.54) is 7.05 Å². The van der Waals surface area contributed by atoms with Crippen LogP contribution < -0.4 is 0 Å². The van der Waals surface area contributed by atoms with E-state index in [4.69, 9.17) is 5.11 Å². The topological polar surface area (TPSA) is 88.3 Å². The molecule has 0 saturated carbocycles. The van der Waals surface area contributed by atoms with E-state index in [2.05, 4.69) is 21.4 Å². The predicted molar refractivity (Wildman–Crippen MR) is 50.6 cm³/mol. The Balaban J connectivity index is 5.01. The number of carbonyl (C=O) groups is 2. The highest BCUT2D eigenvalue weighted by Crippen LogP contribution is 1.99. The maximum Gasteiger partial charge on any atom is 0.356 e. The number of ether oxygens (including phenoxy) is 1. The number of esters is 1. The first-order valence-electron chi connectivity index (χ1n) is 3.53. The maximum atomic E-state index is 10.9. The summed E-state index contributed by atoms with van der Waals surface area (Å²) in [4.78, 5) is 28.2. The highest BCUT2D eigenvalue weighted by molar-refractivity contribution is 6.41. The van der Waals surface area contributed by atoms with Crippen molar-refractivity contribution in [3.63, 3.8) is 0 Å². The third kappa shape index (κ3) is 3.18. The zero-order valence-electron chi connectivity index (χ0n) is 7.85. The minimum atomic E-state index is -1.25. The first-order valence-corrected chi connectivity index (χ1v) is 3.53. The molecule has 0 aromatic heterocycles. The van der Waals surface area contributed by atoms with Gasteiger partial charge in [-0.05, 0) is 6.72 Å². The van der Waals surface area contributed by atoms with Gasteiger partial charge in [0.25, 0.3) is 0 Å². The number of hydrogen-bond acceptors (Lipinski definition) is 5. The lowest BCUT2D eigenvalue weighted by atomic mass is 10.3. The molecule has 0 fully saturated rings. The summed E-state index contributed by atoms with van der Waals surface area (Å²) in [6, 6.07) is 0. The van der Waals surface area contributed by atoms with E-state index in [1.54, 1.807) is 0 Å². The van der Waals surface area contributed by atoms with Crippen molar-refractivity contribution in [3.05, 3.63) is 11.8 Å². The van der Waals surface area contributed by atoms with Gasteiger partial charge in [0.2, 0.25) is 0 Å². The molecule has 14 heavy (non-hydrogen) atoms. The first kappa shape index (κ1) is 12.0. The number of carboxylic acids is 1. The number of carboxylic acid groups (broad SMARTS) is 1. The largest absolute Gasteiger partial charge is 0.477 e. The van der Waals surface area contributed by atoms with Gasteiger partial charge in [0.05, 0.1) is 7.11 Å². The molecule has 0 spiro atoms. The highest BCUT2D eigenvalue weighted by atomic mass is 16.5. The van der Waals surface area contributed by atoms with Gasteiger partial charge in [-0.15, -0.1) is 0 Å². The summed E-state index contributed by atoms with van der Waals surface area (Å²) in [6.45, 7) is 3.11. The molecular formula is C8H10N2O4. The van der Waals surface area contributed by atoms with Gasteiger partial charge in [0, 0.05) is 13.1 Å². The zero-order valence-corrected chi connectivity index (χ0v) is 7.85. The second kappa shape index (κ2) is 5.63. The van der Waals surface area contributed by atoms with Crippen molar-refractivity contribution in [2.75, 3.05) is 14.2 Å². The normalized spacial score (nSPS) is 12.1. The molecule has 0 aromatic rings. The van der Waals surface area contributed by atoms with Crippen molar-refractivity contribution >= 4 is 24.4 Å². The molecule has 0 unspecified atom stereocenters. The molecule has 0 aliphatic carbocycles. The van der Waals surface area contributed by atoms with Crippen LogP contribution in [0.4, 0.5) is 0 Å². The average Bonchev–Trinajstić information content (AvgIpc) is 2.18. The lowest BCUT2D eigenvalue weighted by molar-refractivity contribution is -0.136. The molecule has 1 N–H and O–H groups in total. The molecule has 0 atom stereocenters. The third-order valence-corrected chi connectivity index (χ3v) is 1.30. The molecule has 0 aliphatic rings. The molecule has 0 saturated heterocycles. The van der Waals surface area contributed by atoms with Crippen LogP contribution >= 0.6 is 0 Å². The smallest absolute Gasteiger partial charge is 0.356 e. The van der Waals surface area contributed by atoms with E-state index < -0.39 is 11.9 Å². The molecule has 76 valence electrons. The lowest BCUT2D eigenvalue weighted by Crippen LogP contribution is -2.13. The number of aliphatic carboxylic acids is 1. The van der Waals surface area contributed by atoms with Crippen LogP contribution in [-0.2, 0) is 14.3 Å². The fraction of sp³-hybridized carbons (Fsp3) is 0.250. The summed E-state index contributed by atoms with van der Waals surface area (Å²) in [5.41, 5.74) is -0.492. The van der Waals surface area contributed by atoms with Gasteiger partial charge in [-0.3, -0.25) is 9.98 Å². The minimum Gasteiger partial charge on any atom is -0.477 e. The van der Waals surface area contributed by atoms with Crippen molar-refractivity contribution in [2.45, 2.75) is 0 Å². The second-order valence-corrected chi connectivity index (χ2v) is 2.09. The summed E-state index contributed by atoms with van der Waals surface area (Å²) in [6.07, 6.45) is 0.987. The van der Waals surface area contributed by atoms with Gasteiger partial charge in [-0.25, -0.2) is 9.59 Å². The Morgan fingerprint density at radius 1 is 1.50 bits per heavy atom. The van der Waals surface area contributed by atoms with E-state index in [0.717, 1.165) is 13.2 Å². The minimum absolute atomic E-state index is 0.199. The van der Waals surface area contributed by atoms with Gasteiger partial charge in [0.1, 0.15) is 11.4 Å². The predicted octanol–water partition coefficient (Wildman–Crippen LogP) is -0.101. The quantitative estimate of drug-likeness (QED) is 0.388. The Morgan fingerprint density at radius 2 is 2.07 bits per heavy atom. The molecule has 6 nitrogen and oxygen atoms in total. The van der Waals surface area contributed by atoms with E-state index in [0.29, 0.717) is 0 Å².